The minimum atomic E-state index is -0.354. The second-order valence-electron chi connectivity index (χ2n) is 3.76. The van der Waals surface area contributed by atoms with Crippen LogP contribution in [0.1, 0.15) is 19.3 Å². The van der Waals surface area contributed by atoms with Crippen molar-refractivity contribution >= 4 is 12.0 Å². The fraction of sp³-hybridized carbons (Fsp3) is 0.778. The molecule has 14 heavy (non-hydrogen) atoms. The number of carbonyl (C=O) groups is 2. The number of amides is 2. The van der Waals surface area contributed by atoms with E-state index in [1.54, 1.807) is 0 Å². The van der Waals surface area contributed by atoms with Crippen LogP contribution < -0.4 is 10.6 Å². The summed E-state index contributed by atoms with van der Waals surface area (Å²) >= 11 is 0. The van der Waals surface area contributed by atoms with Crippen molar-refractivity contribution in [1.82, 2.24) is 10.6 Å². The summed E-state index contributed by atoms with van der Waals surface area (Å²) < 4.78 is 5.14. The Morgan fingerprint density at radius 3 is 2.64 bits per heavy atom. The van der Waals surface area contributed by atoms with Gasteiger partial charge in [0.15, 0.2) is 0 Å². The minimum Gasteiger partial charge on any atom is -0.446 e. The van der Waals surface area contributed by atoms with E-state index >= 15 is 0 Å². The second-order valence-corrected chi connectivity index (χ2v) is 3.76. The van der Waals surface area contributed by atoms with Gasteiger partial charge in [0.1, 0.15) is 6.10 Å². The highest BCUT2D eigenvalue weighted by molar-refractivity contribution is 5.77. The van der Waals surface area contributed by atoms with Gasteiger partial charge < -0.3 is 15.4 Å². The first-order valence-corrected chi connectivity index (χ1v) is 4.97. The molecular formula is C9H14N2O3. The summed E-state index contributed by atoms with van der Waals surface area (Å²) in [7, 11) is 0. The smallest absolute Gasteiger partial charge is 0.407 e. The molecule has 5 heteroatoms. The van der Waals surface area contributed by atoms with E-state index in [0.717, 1.165) is 12.8 Å². The molecule has 0 aromatic rings. The van der Waals surface area contributed by atoms with Crippen LogP contribution in [-0.2, 0) is 9.53 Å². The molecular weight excluding hydrogens is 184 g/mol. The van der Waals surface area contributed by atoms with Crippen LogP contribution in [0.4, 0.5) is 4.79 Å². The number of rotatable bonds is 1. The maximum Gasteiger partial charge on any atom is 0.407 e. The molecule has 0 saturated carbocycles. The van der Waals surface area contributed by atoms with Gasteiger partial charge in [-0.05, 0) is 6.42 Å². The third-order valence-corrected chi connectivity index (χ3v) is 2.77. The van der Waals surface area contributed by atoms with Gasteiger partial charge in [0.25, 0.3) is 0 Å². The predicted molar refractivity (Wildman–Crippen MR) is 48.6 cm³/mol. The summed E-state index contributed by atoms with van der Waals surface area (Å²) in [6, 6.07) is 0. The first-order chi connectivity index (χ1) is 6.75. The lowest BCUT2D eigenvalue weighted by Gasteiger charge is -2.32. The number of alkyl carbamates (subject to hydrolysis) is 1. The first-order valence-electron chi connectivity index (χ1n) is 4.97. The zero-order chi connectivity index (χ0) is 9.97. The monoisotopic (exact) mass is 198 g/mol. The van der Waals surface area contributed by atoms with E-state index in [2.05, 4.69) is 10.6 Å². The molecule has 0 radical (unpaired) electrons. The van der Waals surface area contributed by atoms with Crippen molar-refractivity contribution in [3.05, 3.63) is 0 Å². The zero-order valence-electron chi connectivity index (χ0n) is 7.91. The van der Waals surface area contributed by atoms with Gasteiger partial charge in [-0.25, -0.2) is 4.79 Å². The normalized spacial score (nSPS) is 32.9. The largest absolute Gasteiger partial charge is 0.446 e. The van der Waals surface area contributed by atoms with Crippen LogP contribution in [0.25, 0.3) is 0 Å². The Bertz CT molecular complexity index is 228. The van der Waals surface area contributed by atoms with Crippen molar-refractivity contribution in [1.29, 1.82) is 0 Å². The van der Waals surface area contributed by atoms with Crippen LogP contribution in [-0.4, -0.2) is 31.2 Å². The van der Waals surface area contributed by atoms with Gasteiger partial charge in [-0.3, -0.25) is 4.79 Å². The molecule has 0 bridgehead atoms. The quantitative estimate of drug-likeness (QED) is 0.623. The number of hydrogen-bond donors (Lipinski definition) is 2. The molecule has 0 aromatic carbocycles. The van der Waals surface area contributed by atoms with Gasteiger partial charge in [-0.2, -0.15) is 0 Å². The Balaban J connectivity index is 1.92. The van der Waals surface area contributed by atoms with E-state index in [4.69, 9.17) is 4.74 Å². The lowest BCUT2D eigenvalue weighted by atomic mass is 9.89. The lowest BCUT2D eigenvalue weighted by Crippen LogP contribution is -2.45. The van der Waals surface area contributed by atoms with Crippen LogP contribution in [0.3, 0.4) is 0 Å². The van der Waals surface area contributed by atoms with Gasteiger partial charge in [0.2, 0.25) is 5.91 Å². The van der Waals surface area contributed by atoms with Gasteiger partial charge in [-0.1, -0.05) is 0 Å². The summed E-state index contributed by atoms with van der Waals surface area (Å²) in [5, 5.41) is 5.37. The molecule has 2 aliphatic heterocycles. The lowest BCUT2D eigenvalue weighted by molar-refractivity contribution is -0.125. The molecule has 2 heterocycles. The Hall–Kier alpha value is -1.26. The molecule has 2 rings (SSSR count). The van der Waals surface area contributed by atoms with E-state index in [-0.39, 0.29) is 24.0 Å². The fourth-order valence-electron chi connectivity index (χ4n) is 2.01. The van der Waals surface area contributed by atoms with E-state index < -0.39 is 0 Å². The van der Waals surface area contributed by atoms with Gasteiger partial charge in [0.05, 0.1) is 0 Å². The minimum absolute atomic E-state index is 0.0656. The number of hydrogen-bond acceptors (Lipinski definition) is 3. The van der Waals surface area contributed by atoms with Crippen molar-refractivity contribution < 1.29 is 14.3 Å². The zero-order valence-corrected chi connectivity index (χ0v) is 7.91. The molecule has 0 aliphatic carbocycles. The molecule has 2 saturated heterocycles. The molecule has 2 atom stereocenters. The Morgan fingerprint density at radius 1 is 1.14 bits per heavy atom. The van der Waals surface area contributed by atoms with Crippen LogP contribution in [0, 0.1) is 5.92 Å². The van der Waals surface area contributed by atoms with Crippen LogP contribution in [0.2, 0.25) is 0 Å². The third-order valence-electron chi connectivity index (χ3n) is 2.77. The number of piperidine rings is 1. The van der Waals surface area contributed by atoms with E-state index in [1.807, 2.05) is 0 Å². The molecule has 2 fully saturated rings. The summed E-state index contributed by atoms with van der Waals surface area (Å²) in [5.74, 6) is 0.269. The van der Waals surface area contributed by atoms with E-state index in [0.29, 0.717) is 19.5 Å². The van der Waals surface area contributed by atoms with Crippen molar-refractivity contribution in [2.75, 3.05) is 13.1 Å². The topological polar surface area (TPSA) is 67.4 Å². The molecule has 2 N–H and O–H groups in total. The summed E-state index contributed by atoms with van der Waals surface area (Å²) in [6.45, 7) is 1.35. The maximum atomic E-state index is 11.1. The standard InChI is InChI=1S/C9H14N2O3/c12-8-5-6(1-3-10-8)7-2-4-11-9(13)14-7/h6-7H,1-5H2,(H,10,12)(H,11,13). The number of nitrogens with one attached hydrogen (secondary N) is 2. The highest BCUT2D eigenvalue weighted by Gasteiger charge is 2.31. The van der Waals surface area contributed by atoms with Gasteiger partial charge in [-0.15, -0.1) is 0 Å². The Morgan fingerprint density at radius 2 is 1.93 bits per heavy atom. The van der Waals surface area contributed by atoms with Crippen LogP contribution in [0.5, 0.6) is 0 Å². The van der Waals surface area contributed by atoms with E-state index in [9.17, 15) is 9.59 Å². The van der Waals surface area contributed by atoms with Crippen molar-refractivity contribution in [2.24, 2.45) is 5.92 Å². The Kier molecular flexibility index (Phi) is 2.56. The molecule has 5 nitrogen and oxygen atoms in total. The maximum absolute atomic E-state index is 11.1. The summed E-state index contributed by atoms with van der Waals surface area (Å²) in [4.78, 5) is 22.1. The molecule has 0 aromatic heterocycles. The molecule has 2 amide bonds. The fourth-order valence-corrected chi connectivity index (χ4v) is 2.01. The number of ether oxygens (including phenoxy) is 1. The Labute approximate surface area is 82.2 Å². The van der Waals surface area contributed by atoms with Gasteiger partial charge in [0, 0.05) is 31.8 Å². The first kappa shape index (κ1) is 9.30. The van der Waals surface area contributed by atoms with Gasteiger partial charge >= 0.3 is 6.09 Å². The average molecular weight is 198 g/mol. The third kappa shape index (κ3) is 1.97. The number of carbonyl (C=O) groups excluding carboxylic acids is 2. The molecule has 2 unspecified atom stereocenters. The average Bonchev–Trinajstić information content (AvgIpc) is 2.18. The summed E-state index contributed by atoms with van der Waals surface area (Å²) in [6.07, 6.45) is 1.77. The predicted octanol–water partition coefficient (Wildman–Crippen LogP) is 0.0111. The van der Waals surface area contributed by atoms with Crippen LogP contribution in [0.15, 0.2) is 0 Å². The molecule has 2 aliphatic rings. The number of cyclic esters (lactones) is 1. The SMILES string of the molecule is O=C1CC(C2CCNC(=O)O2)CCN1. The van der Waals surface area contributed by atoms with Crippen molar-refractivity contribution in [3.63, 3.8) is 0 Å². The second kappa shape index (κ2) is 3.86. The molecule has 0 spiro atoms. The molecule has 78 valence electrons. The van der Waals surface area contributed by atoms with Crippen LogP contribution >= 0.6 is 0 Å². The highest BCUT2D eigenvalue weighted by atomic mass is 16.6. The van der Waals surface area contributed by atoms with Crippen molar-refractivity contribution in [2.45, 2.75) is 25.4 Å². The summed E-state index contributed by atoms with van der Waals surface area (Å²) in [5.41, 5.74) is 0. The highest BCUT2D eigenvalue weighted by Crippen LogP contribution is 2.23. The van der Waals surface area contributed by atoms with E-state index in [1.165, 1.54) is 0 Å². The van der Waals surface area contributed by atoms with Crippen molar-refractivity contribution in [3.8, 4) is 0 Å².